The highest BCUT2D eigenvalue weighted by molar-refractivity contribution is 5.73. The molecule has 0 radical (unpaired) electrons. The number of aliphatic hydroxyl groups is 1. The van der Waals surface area contributed by atoms with Gasteiger partial charge in [0.1, 0.15) is 6.04 Å². The highest BCUT2D eigenvalue weighted by Crippen LogP contribution is 2.04. The summed E-state index contributed by atoms with van der Waals surface area (Å²) in [6.45, 7) is 6.22. The third-order valence-electron chi connectivity index (χ3n) is 1.96. The molecule has 0 saturated carbocycles. The van der Waals surface area contributed by atoms with E-state index in [4.69, 9.17) is 10.2 Å². The molecule has 0 amide bonds. The Morgan fingerprint density at radius 3 is 2.29 bits per heavy atom. The first-order chi connectivity index (χ1) is 6.43. The first-order valence-corrected chi connectivity index (χ1v) is 5.07. The Labute approximate surface area is 85.3 Å². The van der Waals surface area contributed by atoms with Crippen LogP contribution in [-0.2, 0) is 4.79 Å². The molecule has 0 saturated heterocycles. The van der Waals surface area contributed by atoms with E-state index >= 15 is 0 Å². The van der Waals surface area contributed by atoms with Crippen molar-refractivity contribution in [3.8, 4) is 0 Å². The first kappa shape index (κ1) is 13.4. The van der Waals surface area contributed by atoms with Crippen molar-refractivity contribution in [2.45, 2.75) is 45.8 Å². The van der Waals surface area contributed by atoms with Crippen molar-refractivity contribution in [1.82, 2.24) is 5.32 Å². The summed E-state index contributed by atoms with van der Waals surface area (Å²) in [6, 6.07) is -0.492. The summed E-state index contributed by atoms with van der Waals surface area (Å²) in [5.41, 5.74) is 0. The Morgan fingerprint density at radius 2 is 1.93 bits per heavy atom. The van der Waals surface area contributed by atoms with Crippen LogP contribution in [-0.4, -0.2) is 34.9 Å². The van der Waals surface area contributed by atoms with Crippen LogP contribution in [0.2, 0.25) is 0 Å². The molecule has 0 aromatic heterocycles. The van der Waals surface area contributed by atoms with Crippen molar-refractivity contribution in [1.29, 1.82) is 0 Å². The molecule has 0 rings (SSSR count). The molecular weight excluding hydrogens is 182 g/mol. The maximum Gasteiger partial charge on any atom is 0.320 e. The third kappa shape index (κ3) is 6.86. The summed E-state index contributed by atoms with van der Waals surface area (Å²) < 4.78 is 0. The Bertz CT molecular complexity index is 169. The minimum atomic E-state index is -0.815. The Hall–Kier alpha value is -0.610. The molecule has 0 aromatic rings. The fraction of sp³-hybridized carbons (Fsp3) is 0.900. The number of aliphatic carboxylic acids is 1. The van der Waals surface area contributed by atoms with Crippen LogP contribution >= 0.6 is 0 Å². The zero-order valence-corrected chi connectivity index (χ0v) is 9.16. The molecular formula is C10H21NO3. The topological polar surface area (TPSA) is 69.6 Å². The van der Waals surface area contributed by atoms with E-state index in [0.29, 0.717) is 25.3 Å². The van der Waals surface area contributed by atoms with E-state index in [1.807, 2.05) is 13.8 Å². The molecule has 0 spiro atoms. The van der Waals surface area contributed by atoms with E-state index in [2.05, 4.69) is 5.32 Å². The highest BCUT2D eigenvalue weighted by atomic mass is 16.4. The van der Waals surface area contributed by atoms with Gasteiger partial charge in [0.25, 0.3) is 0 Å². The number of carboxylic acids is 1. The lowest BCUT2D eigenvalue weighted by Gasteiger charge is -2.16. The molecule has 0 bridgehead atoms. The van der Waals surface area contributed by atoms with E-state index in [0.717, 1.165) is 0 Å². The van der Waals surface area contributed by atoms with Gasteiger partial charge in [0, 0.05) is 0 Å². The Kier molecular flexibility index (Phi) is 6.49. The molecule has 0 aliphatic heterocycles. The highest BCUT2D eigenvalue weighted by Gasteiger charge is 2.17. The van der Waals surface area contributed by atoms with Crippen molar-refractivity contribution in [3.05, 3.63) is 0 Å². The molecule has 2 atom stereocenters. The van der Waals surface area contributed by atoms with Crippen molar-refractivity contribution < 1.29 is 15.0 Å². The summed E-state index contributed by atoms with van der Waals surface area (Å²) in [7, 11) is 0. The molecule has 0 aliphatic carbocycles. The Balaban J connectivity index is 3.80. The van der Waals surface area contributed by atoms with Crippen molar-refractivity contribution in [2.75, 3.05) is 6.54 Å². The molecule has 3 N–H and O–H groups in total. The largest absolute Gasteiger partial charge is 0.480 e. The van der Waals surface area contributed by atoms with Crippen LogP contribution in [0.25, 0.3) is 0 Å². The lowest BCUT2D eigenvalue weighted by atomic mass is 10.0. The molecule has 0 aliphatic rings. The lowest BCUT2D eigenvalue weighted by Crippen LogP contribution is -2.39. The van der Waals surface area contributed by atoms with Gasteiger partial charge in [0.05, 0.1) is 6.10 Å². The van der Waals surface area contributed by atoms with Crippen molar-refractivity contribution >= 4 is 5.97 Å². The number of carboxylic acid groups (broad SMARTS) is 1. The number of aliphatic hydroxyl groups excluding tert-OH is 1. The monoisotopic (exact) mass is 203 g/mol. The normalized spacial score (nSPS) is 15.5. The molecule has 4 nitrogen and oxygen atoms in total. The van der Waals surface area contributed by atoms with E-state index < -0.39 is 12.0 Å². The number of hydrogen-bond acceptors (Lipinski definition) is 3. The zero-order chi connectivity index (χ0) is 11.1. The average Bonchev–Trinajstić information content (AvgIpc) is 2.00. The van der Waals surface area contributed by atoms with Gasteiger partial charge in [-0.15, -0.1) is 0 Å². The third-order valence-corrected chi connectivity index (χ3v) is 1.96. The van der Waals surface area contributed by atoms with Gasteiger partial charge in [-0.3, -0.25) is 4.79 Å². The minimum absolute atomic E-state index is 0.357. The number of hydrogen-bond donors (Lipinski definition) is 3. The lowest BCUT2D eigenvalue weighted by molar-refractivity contribution is -0.139. The van der Waals surface area contributed by atoms with Crippen LogP contribution in [0.1, 0.15) is 33.6 Å². The molecule has 2 unspecified atom stereocenters. The van der Waals surface area contributed by atoms with Crippen LogP contribution in [0.4, 0.5) is 0 Å². The molecule has 84 valence electrons. The van der Waals surface area contributed by atoms with Gasteiger partial charge in [-0.1, -0.05) is 13.8 Å². The first-order valence-electron chi connectivity index (χ1n) is 5.07. The smallest absolute Gasteiger partial charge is 0.320 e. The molecule has 0 heterocycles. The van der Waals surface area contributed by atoms with Gasteiger partial charge >= 0.3 is 5.97 Å². The summed E-state index contributed by atoms with van der Waals surface area (Å²) in [4.78, 5) is 10.8. The van der Waals surface area contributed by atoms with Crippen LogP contribution in [0, 0.1) is 5.92 Å². The molecule has 0 aromatic carbocycles. The van der Waals surface area contributed by atoms with Gasteiger partial charge in [0.2, 0.25) is 0 Å². The van der Waals surface area contributed by atoms with Crippen molar-refractivity contribution in [2.24, 2.45) is 5.92 Å². The summed E-state index contributed by atoms with van der Waals surface area (Å²) in [5, 5.41) is 20.8. The standard InChI is InChI=1S/C10H21NO3/c1-7(2)6-9(10(13)14)11-5-4-8(3)12/h7-9,11-12H,4-6H2,1-3H3,(H,13,14). The molecule has 14 heavy (non-hydrogen) atoms. The predicted molar refractivity (Wildman–Crippen MR) is 55.2 cm³/mol. The second-order valence-electron chi connectivity index (χ2n) is 4.11. The zero-order valence-electron chi connectivity index (χ0n) is 9.16. The van der Waals surface area contributed by atoms with E-state index in [9.17, 15) is 4.79 Å². The maximum atomic E-state index is 10.8. The van der Waals surface area contributed by atoms with E-state index in [1.54, 1.807) is 6.92 Å². The van der Waals surface area contributed by atoms with Crippen molar-refractivity contribution in [3.63, 3.8) is 0 Å². The van der Waals surface area contributed by atoms with Crippen LogP contribution in [0.15, 0.2) is 0 Å². The number of rotatable bonds is 7. The second-order valence-corrected chi connectivity index (χ2v) is 4.11. The van der Waals surface area contributed by atoms with E-state index in [1.165, 1.54) is 0 Å². The maximum absolute atomic E-state index is 10.8. The van der Waals surface area contributed by atoms with Gasteiger partial charge in [-0.05, 0) is 32.2 Å². The minimum Gasteiger partial charge on any atom is -0.480 e. The van der Waals surface area contributed by atoms with Gasteiger partial charge in [0.15, 0.2) is 0 Å². The summed E-state index contributed by atoms with van der Waals surface area (Å²) >= 11 is 0. The number of nitrogens with one attached hydrogen (secondary N) is 1. The van der Waals surface area contributed by atoms with Crippen LogP contribution in [0.5, 0.6) is 0 Å². The molecule has 4 heteroatoms. The average molecular weight is 203 g/mol. The fourth-order valence-electron chi connectivity index (χ4n) is 1.21. The van der Waals surface area contributed by atoms with E-state index in [-0.39, 0.29) is 6.10 Å². The fourth-order valence-corrected chi connectivity index (χ4v) is 1.21. The Morgan fingerprint density at radius 1 is 1.36 bits per heavy atom. The predicted octanol–water partition coefficient (Wildman–Crippen LogP) is 0.846. The number of carbonyl (C=O) groups is 1. The van der Waals surface area contributed by atoms with Crippen LogP contribution < -0.4 is 5.32 Å². The summed E-state index contributed by atoms with van der Waals surface area (Å²) in [6.07, 6.45) is 0.827. The quantitative estimate of drug-likeness (QED) is 0.573. The van der Waals surface area contributed by atoms with Gasteiger partial charge in [-0.2, -0.15) is 0 Å². The molecule has 0 fully saturated rings. The van der Waals surface area contributed by atoms with Crippen LogP contribution in [0.3, 0.4) is 0 Å². The summed E-state index contributed by atoms with van der Waals surface area (Å²) in [5.74, 6) is -0.459. The van der Waals surface area contributed by atoms with Gasteiger partial charge in [-0.25, -0.2) is 0 Å². The SMILES string of the molecule is CC(C)CC(NCCC(C)O)C(=O)O. The second kappa shape index (κ2) is 6.79. The van der Waals surface area contributed by atoms with Gasteiger partial charge < -0.3 is 15.5 Å².